The average molecular weight is 590 g/mol. The Morgan fingerprint density at radius 3 is 2.64 bits per heavy atom. The van der Waals surface area contributed by atoms with Crippen molar-refractivity contribution >= 4 is 22.9 Å². The first-order valence-corrected chi connectivity index (χ1v) is 13.5. The number of rotatable bonds is 6. The fourth-order valence-electron chi connectivity index (χ4n) is 5.39. The quantitative estimate of drug-likeness (QED) is 0.288. The first kappa shape index (κ1) is 26.8. The Bertz CT molecular complexity index is 2080. The summed E-state index contributed by atoms with van der Waals surface area (Å²) in [6.45, 7) is 0. The zero-order valence-corrected chi connectivity index (χ0v) is 22.8. The Labute approximate surface area is 247 Å². The maximum Gasteiger partial charge on any atom is 0.280 e. The number of nitrogens with two attached hydrogens (primary N) is 1. The first-order chi connectivity index (χ1) is 21.4. The molecule has 1 aromatic carbocycles. The minimum atomic E-state index is -2.71. The van der Waals surface area contributed by atoms with Gasteiger partial charge in [0.1, 0.15) is 23.1 Å². The summed E-state index contributed by atoms with van der Waals surface area (Å²) < 4.78 is 27.6. The number of benzene rings is 1. The molecule has 0 spiro atoms. The molecule has 1 atom stereocenters. The molecule has 216 valence electrons. The maximum absolute atomic E-state index is 12.9. The van der Waals surface area contributed by atoms with Crippen LogP contribution in [0.3, 0.4) is 0 Å². The molecule has 0 saturated heterocycles. The summed E-state index contributed by atoms with van der Waals surface area (Å²) in [5, 5.41) is 21.3. The number of anilines is 1. The molecule has 6 aromatic rings. The molecule has 1 aliphatic rings. The molecule has 0 saturated carbocycles. The first-order valence-electron chi connectivity index (χ1n) is 13.5. The van der Waals surface area contributed by atoms with Gasteiger partial charge < -0.3 is 11.1 Å². The Hall–Kier alpha value is -6.10. The number of imidazole rings is 1. The van der Waals surface area contributed by atoms with E-state index in [9.17, 15) is 18.8 Å². The van der Waals surface area contributed by atoms with Crippen molar-refractivity contribution in [2.45, 2.75) is 25.3 Å². The molecule has 5 aromatic heterocycles. The third-order valence-corrected chi connectivity index (χ3v) is 7.47. The van der Waals surface area contributed by atoms with Crippen molar-refractivity contribution in [1.82, 2.24) is 44.8 Å². The molecular formula is C30H21F2N11O. The maximum atomic E-state index is 12.9. The molecule has 1 aliphatic carbocycles. The summed E-state index contributed by atoms with van der Waals surface area (Å²) >= 11 is 0. The smallest absolute Gasteiger partial charge is 0.280 e. The van der Waals surface area contributed by atoms with E-state index in [1.54, 1.807) is 24.4 Å². The highest BCUT2D eigenvalue weighted by atomic mass is 19.3. The molecule has 0 radical (unpaired) electrons. The number of aromatic nitrogens is 8. The van der Waals surface area contributed by atoms with E-state index >= 15 is 0 Å². The van der Waals surface area contributed by atoms with Crippen molar-refractivity contribution in [1.29, 1.82) is 5.26 Å². The van der Waals surface area contributed by atoms with Gasteiger partial charge in [-0.1, -0.05) is 6.07 Å². The van der Waals surface area contributed by atoms with Gasteiger partial charge in [-0.25, -0.2) is 23.7 Å². The van der Waals surface area contributed by atoms with Gasteiger partial charge in [-0.2, -0.15) is 15.5 Å². The molecule has 14 heteroatoms. The normalized spacial score (nSPS) is 14.1. The van der Waals surface area contributed by atoms with E-state index in [-0.39, 0.29) is 28.7 Å². The number of amides is 1. The number of aryl methyl sites for hydroxylation is 1. The van der Waals surface area contributed by atoms with Crippen LogP contribution in [0.4, 0.5) is 14.6 Å². The van der Waals surface area contributed by atoms with Gasteiger partial charge >= 0.3 is 0 Å². The van der Waals surface area contributed by atoms with Crippen molar-refractivity contribution in [2.24, 2.45) is 0 Å². The summed E-state index contributed by atoms with van der Waals surface area (Å²) in [5.74, 6) is 0.647. The zero-order valence-electron chi connectivity index (χ0n) is 22.8. The predicted octanol–water partition coefficient (Wildman–Crippen LogP) is 4.27. The monoisotopic (exact) mass is 589 g/mol. The lowest BCUT2D eigenvalue weighted by molar-refractivity contribution is 0.0935. The Kier molecular flexibility index (Phi) is 6.47. The van der Waals surface area contributed by atoms with Crippen LogP contribution < -0.4 is 11.1 Å². The van der Waals surface area contributed by atoms with Crippen LogP contribution in [-0.2, 0) is 6.42 Å². The molecule has 0 aliphatic heterocycles. The molecule has 0 unspecified atom stereocenters. The number of nitrogens with one attached hydrogen (secondary N) is 1. The SMILES string of the molecule is N#Cc1cc(-n2nccn2)nc2c1nc(-c1cccnc1N)n2-c1ccc2c(c1)CC[C@@H]2NC(=O)c1ccc(C(F)F)nc1. The van der Waals surface area contributed by atoms with Crippen LogP contribution in [0.25, 0.3) is 34.1 Å². The van der Waals surface area contributed by atoms with E-state index in [1.165, 1.54) is 23.3 Å². The van der Waals surface area contributed by atoms with Gasteiger partial charge in [-0.3, -0.25) is 14.3 Å². The van der Waals surface area contributed by atoms with E-state index in [4.69, 9.17) is 15.7 Å². The number of pyridine rings is 3. The van der Waals surface area contributed by atoms with Gasteiger partial charge in [0.15, 0.2) is 17.3 Å². The Morgan fingerprint density at radius 2 is 1.91 bits per heavy atom. The van der Waals surface area contributed by atoms with Gasteiger partial charge in [0.25, 0.3) is 12.3 Å². The van der Waals surface area contributed by atoms with Crippen molar-refractivity contribution < 1.29 is 13.6 Å². The number of fused-ring (bicyclic) bond motifs is 2. The van der Waals surface area contributed by atoms with E-state index in [2.05, 4.69) is 31.6 Å². The Morgan fingerprint density at radius 1 is 1.07 bits per heavy atom. The molecule has 0 fully saturated rings. The van der Waals surface area contributed by atoms with Crippen LogP contribution in [0.15, 0.2) is 73.3 Å². The predicted molar refractivity (Wildman–Crippen MR) is 154 cm³/mol. The van der Waals surface area contributed by atoms with Crippen molar-refractivity contribution in [3.8, 4) is 29.0 Å². The third-order valence-electron chi connectivity index (χ3n) is 7.47. The lowest BCUT2D eigenvalue weighted by atomic mass is 10.1. The van der Waals surface area contributed by atoms with Crippen LogP contribution >= 0.6 is 0 Å². The summed E-state index contributed by atoms with van der Waals surface area (Å²) in [4.78, 5) is 31.7. The lowest BCUT2D eigenvalue weighted by Gasteiger charge is -2.16. The van der Waals surface area contributed by atoms with E-state index in [1.807, 2.05) is 22.8 Å². The number of hydrogen-bond acceptors (Lipinski definition) is 9. The topological polar surface area (TPSA) is 166 Å². The number of alkyl halides is 2. The number of carbonyl (C=O) groups is 1. The van der Waals surface area contributed by atoms with Crippen LogP contribution in [-0.4, -0.2) is 45.4 Å². The lowest BCUT2D eigenvalue weighted by Crippen LogP contribution is -2.27. The second-order valence-corrected chi connectivity index (χ2v) is 10.1. The molecule has 12 nitrogen and oxygen atoms in total. The standard InChI is InChI=1S/C30H21F2N11O/c31-26(32)23-8-4-17(15-36-23)30(44)39-22-7-3-16-12-19(5-6-20(16)22)42-28(21-2-1-9-35-27(21)34)41-25-18(14-33)13-24(40-29(25)42)43-37-10-11-38-43/h1-2,4-6,8-13,15,22,26H,3,7H2,(H2,34,35)(H,39,44)/t22-/m0/s1. The number of nitriles is 1. The van der Waals surface area contributed by atoms with Crippen LogP contribution in [0.5, 0.6) is 0 Å². The van der Waals surface area contributed by atoms with Crippen LogP contribution in [0, 0.1) is 11.3 Å². The number of carbonyl (C=O) groups excluding carboxylic acids is 1. The van der Waals surface area contributed by atoms with Gasteiger partial charge in [-0.05, 0) is 60.4 Å². The molecular weight excluding hydrogens is 568 g/mol. The number of hydrogen-bond donors (Lipinski definition) is 2. The highest BCUT2D eigenvalue weighted by molar-refractivity contribution is 5.94. The summed E-state index contributed by atoms with van der Waals surface area (Å²) in [6.07, 6.45) is 4.38. The highest BCUT2D eigenvalue weighted by Gasteiger charge is 2.27. The number of nitrogen functional groups attached to an aromatic ring is 1. The third kappa shape index (κ3) is 4.56. The molecule has 3 N–H and O–H groups in total. The highest BCUT2D eigenvalue weighted by Crippen LogP contribution is 2.36. The second kappa shape index (κ2) is 10.6. The molecule has 1 amide bonds. The molecule has 0 bridgehead atoms. The minimum absolute atomic E-state index is 0.199. The van der Waals surface area contributed by atoms with Gasteiger partial charge in [0.05, 0.1) is 35.1 Å². The van der Waals surface area contributed by atoms with Gasteiger partial charge in [0.2, 0.25) is 0 Å². The van der Waals surface area contributed by atoms with Crippen LogP contribution in [0.2, 0.25) is 0 Å². The van der Waals surface area contributed by atoms with Crippen molar-refractivity contribution in [3.63, 3.8) is 0 Å². The van der Waals surface area contributed by atoms with Crippen molar-refractivity contribution in [3.05, 3.63) is 101 Å². The van der Waals surface area contributed by atoms with E-state index in [0.29, 0.717) is 46.9 Å². The zero-order chi connectivity index (χ0) is 30.4. The van der Waals surface area contributed by atoms with Crippen LogP contribution in [0.1, 0.15) is 51.6 Å². The minimum Gasteiger partial charge on any atom is -0.383 e. The molecule has 7 rings (SSSR count). The number of halogens is 2. The molecule has 44 heavy (non-hydrogen) atoms. The average Bonchev–Trinajstić information content (AvgIpc) is 3.80. The van der Waals surface area contributed by atoms with E-state index in [0.717, 1.165) is 23.4 Å². The summed E-state index contributed by atoms with van der Waals surface area (Å²) in [5.41, 5.74) is 10.3. The number of nitrogens with zero attached hydrogens (tertiary/aromatic N) is 9. The Balaban J connectivity index is 1.31. The van der Waals surface area contributed by atoms with E-state index < -0.39 is 12.3 Å². The summed E-state index contributed by atoms with van der Waals surface area (Å²) in [7, 11) is 0. The second-order valence-electron chi connectivity index (χ2n) is 10.1. The fraction of sp³-hybridized carbons (Fsp3) is 0.133. The fourth-order valence-corrected chi connectivity index (χ4v) is 5.39. The van der Waals surface area contributed by atoms with Gasteiger partial charge in [0, 0.05) is 24.1 Å². The van der Waals surface area contributed by atoms with Crippen molar-refractivity contribution in [2.75, 3.05) is 5.73 Å². The summed E-state index contributed by atoms with van der Waals surface area (Å²) in [6, 6.07) is 15.3. The van der Waals surface area contributed by atoms with Gasteiger partial charge in [-0.15, -0.1) is 4.80 Å². The molecule has 5 heterocycles. The largest absolute Gasteiger partial charge is 0.383 e.